The lowest BCUT2D eigenvalue weighted by atomic mass is 9.99. The molecule has 9 rings (SSSR count). The molecule has 0 radical (unpaired) electrons. The Morgan fingerprint density at radius 2 is 0.769 bits per heavy atom. The highest BCUT2D eigenvalue weighted by Gasteiger charge is 2.18. The quantitative estimate of drug-likeness (QED) is 0.161. The van der Waals surface area contributed by atoms with Gasteiger partial charge in [0.25, 0.3) is 0 Å². The highest BCUT2D eigenvalue weighted by Crippen LogP contribution is 2.42. The number of nitrogens with zero attached hydrogens (tertiary/aromatic N) is 1. The second-order valence-electron chi connectivity index (χ2n) is 13.0. The van der Waals surface area contributed by atoms with E-state index >= 15 is 0 Å². The fraction of sp³-hybridized carbons (Fsp3) is 0. The predicted octanol–water partition coefficient (Wildman–Crippen LogP) is 14.2. The van der Waals surface area contributed by atoms with Gasteiger partial charge in [0.2, 0.25) is 0 Å². The van der Waals surface area contributed by atoms with Crippen LogP contribution in [-0.2, 0) is 0 Å². The molecule has 1 heterocycles. The van der Waals surface area contributed by atoms with E-state index in [1.807, 2.05) is 18.2 Å². The van der Waals surface area contributed by atoms with Crippen molar-refractivity contribution in [1.29, 1.82) is 0 Å². The van der Waals surface area contributed by atoms with Crippen LogP contribution in [0.1, 0.15) is 0 Å². The SMILES string of the molecule is c1ccc(-c2ccc(-c3ccc(N(c4ccc(-c5cccc(-c6cc7ccccc7o6)c5)cc4)c4ccccc4-c4ccccc4)cc3)cc2)cc1. The third kappa shape index (κ3) is 6.19. The average molecular weight is 666 g/mol. The van der Waals surface area contributed by atoms with E-state index in [1.54, 1.807) is 0 Å². The number of para-hydroxylation sites is 2. The molecule has 0 unspecified atom stereocenters. The smallest absolute Gasteiger partial charge is 0.135 e. The van der Waals surface area contributed by atoms with Gasteiger partial charge in [-0.1, -0.05) is 164 Å². The fourth-order valence-corrected chi connectivity index (χ4v) is 7.03. The minimum absolute atomic E-state index is 0.874. The van der Waals surface area contributed by atoms with E-state index in [4.69, 9.17) is 4.42 Å². The van der Waals surface area contributed by atoms with Crippen molar-refractivity contribution in [3.8, 4) is 55.8 Å². The molecule has 0 atom stereocenters. The van der Waals surface area contributed by atoms with Gasteiger partial charge in [0.15, 0.2) is 0 Å². The van der Waals surface area contributed by atoms with Gasteiger partial charge in [0.1, 0.15) is 11.3 Å². The van der Waals surface area contributed by atoms with E-state index in [1.165, 1.54) is 33.4 Å². The Morgan fingerprint density at radius 1 is 0.308 bits per heavy atom. The minimum Gasteiger partial charge on any atom is -0.456 e. The Morgan fingerprint density at radius 3 is 1.40 bits per heavy atom. The third-order valence-electron chi connectivity index (χ3n) is 9.71. The van der Waals surface area contributed by atoms with Crippen molar-refractivity contribution in [1.82, 2.24) is 0 Å². The van der Waals surface area contributed by atoms with E-state index in [-0.39, 0.29) is 0 Å². The van der Waals surface area contributed by atoms with E-state index in [0.717, 1.165) is 50.5 Å². The van der Waals surface area contributed by atoms with Crippen LogP contribution >= 0.6 is 0 Å². The molecule has 0 aliphatic carbocycles. The number of hydrogen-bond donors (Lipinski definition) is 0. The third-order valence-corrected chi connectivity index (χ3v) is 9.71. The number of anilines is 3. The topological polar surface area (TPSA) is 16.4 Å². The van der Waals surface area contributed by atoms with Crippen molar-refractivity contribution in [2.75, 3.05) is 4.90 Å². The van der Waals surface area contributed by atoms with Crippen molar-refractivity contribution in [3.05, 3.63) is 212 Å². The van der Waals surface area contributed by atoms with Crippen LogP contribution in [0.25, 0.3) is 66.8 Å². The normalized spacial score (nSPS) is 11.1. The van der Waals surface area contributed by atoms with Crippen molar-refractivity contribution >= 4 is 28.0 Å². The fourth-order valence-electron chi connectivity index (χ4n) is 7.03. The molecule has 0 fully saturated rings. The largest absolute Gasteiger partial charge is 0.456 e. The van der Waals surface area contributed by atoms with Gasteiger partial charge in [0, 0.05) is 27.9 Å². The van der Waals surface area contributed by atoms with Gasteiger partial charge in [0.05, 0.1) is 5.69 Å². The maximum Gasteiger partial charge on any atom is 0.135 e. The zero-order valence-corrected chi connectivity index (χ0v) is 28.6. The van der Waals surface area contributed by atoms with E-state index in [9.17, 15) is 0 Å². The summed E-state index contributed by atoms with van der Waals surface area (Å²) in [6, 6.07) is 75.3. The van der Waals surface area contributed by atoms with Gasteiger partial charge in [-0.15, -0.1) is 0 Å². The Bertz CT molecular complexity index is 2550. The number of benzene rings is 8. The van der Waals surface area contributed by atoms with Crippen LogP contribution in [0.15, 0.2) is 217 Å². The van der Waals surface area contributed by atoms with Crippen molar-refractivity contribution in [2.24, 2.45) is 0 Å². The Kier molecular flexibility index (Phi) is 8.24. The van der Waals surface area contributed by atoms with E-state index < -0.39 is 0 Å². The summed E-state index contributed by atoms with van der Waals surface area (Å²) >= 11 is 0. The lowest BCUT2D eigenvalue weighted by Crippen LogP contribution is -2.11. The maximum atomic E-state index is 6.19. The molecule has 0 saturated heterocycles. The second-order valence-corrected chi connectivity index (χ2v) is 13.0. The van der Waals surface area contributed by atoms with Crippen molar-refractivity contribution in [2.45, 2.75) is 0 Å². The molecular formula is C50H35NO. The first-order valence-electron chi connectivity index (χ1n) is 17.7. The van der Waals surface area contributed by atoms with Crippen LogP contribution < -0.4 is 4.90 Å². The first-order chi connectivity index (χ1) is 25.8. The van der Waals surface area contributed by atoms with Gasteiger partial charge in [-0.3, -0.25) is 0 Å². The molecule has 0 aliphatic heterocycles. The summed E-state index contributed by atoms with van der Waals surface area (Å²) < 4.78 is 6.19. The molecule has 8 aromatic carbocycles. The van der Waals surface area contributed by atoms with Crippen LogP contribution in [-0.4, -0.2) is 0 Å². The molecule has 0 aliphatic rings. The zero-order valence-electron chi connectivity index (χ0n) is 28.6. The standard InChI is InChI=1S/C50H35NO/c1-3-12-36(13-4-1)37-22-24-38(25-23-37)39-26-30-45(31-27-39)51(48-20-9-8-19-47(48)41-14-5-2-6-15-41)46-32-28-40(29-33-46)42-17-11-18-43(34-42)50-35-44-16-7-10-21-49(44)52-50/h1-35H. The molecule has 246 valence electrons. The average Bonchev–Trinajstić information content (AvgIpc) is 3.67. The molecule has 2 heteroatoms. The van der Waals surface area contributed by atoms with Crippen LogP contribution in [0.5, 0.6) is 0 Å². The second kappa shape index (κ2) is 13.8. The summed E-state index contributed by atoms with van der Waals surface area (Å²) in [6.07, 6.45) is 0. The molecule has 2 nitrogen and oxygen atoms in total. The molecule has 0 bridgehead atoms. The van der Waals surface area contributed by atoms with Gasteiger partial charge in [-0.2, -0.15) is 0 Å². The molecule has 0 saturated carbocycles. The van der Waals surface area contributed by atoms with Crippen LogP contribution in [0, 0.1) is 0 Å². The van der Waals surface area contributed by atoms with Gasteiger partial charge >= 0.3 is 0 Å². The highest BCUT2D eigenvalue weighted by molar-refractivity contribution is 5.89. The molecule has 52 heavy (non-hydrogen) atoms. The molecular weight excluding hydrogens is 631 g/mol. The van der Waals surface area contributed by atoms with E-state index in [0.29, 0.717) is 0 Å². The predicted molar refractivity (Wildman–Crippen MR) is 218 cm³/mol. The first-order valence-corrected chi connectivity index (χ1v) is 17.7. The summed E-state index contributed by atoms with van der Waals surface area (Å²) in [7, 11) is 0. The summed E-state index contributed by atoms with van der Waals surface area (Å²) in [5.41, 5.74) is 14.7. The lowest BCUT2D eigenvalue weighted by molar-refractivity contribution is 0.631. The van der Waals surface area contributed by atoms with Crippen molar-refractivity contribution < 1.29 is 4.42 Å². The van der Waals surface area contributed by atoms with Crippen LogP contribution in [0.3, 0.4) is 0 Å². The van der Waals surface area contributed by atoms with E-state index in [2.05, 4.69) is 199 Å². The Hall–Kier alpha value is -6.90. The zero-order chi connectivity index (χ0) is 34.7. The summed E-state index contributed by atoms with van der Waals surface area (Å²) in [5, 5.41) is 1.11. The molecule has 1 aromatic heterocycles. The highest BCUT2D eigenvalue weighted by atomic mass is 16.3. The summed E-state index contributed by atoms with van der Waals surface area (Å²) in [6.45, 7) is 0. The number of furan rings is 1. The monoisotopic (exact) mass is 665 g/mol. The van der Waals surface area contributed by atoms with Crippen LogP contribution in [0.4, 0.5) is 17.1 Å². The molecule has 0 N–H and O–H groups in total. The molecule has 0 amide bonds. The van der Waals surface area contributed by atoms with Gasteiger partial charge in [-0.25, -0.2) is 0 Å². The number of rotatable bonds is 8. The maximum absolute atomic E-state index is 6.19. The summed E-state index contributed by atoms with van der Waals surface area (Å²) in [4.78, 5) is 2.36. The Balaban J connectivity index is 1.07. The summed E-state index contributed by atoms with van der Waals surface area (Å²) in [5.74, 6) is 0.874. The first kappa shape index (κ1) is 31.1. The molecule has 0 spiro atoms. The minimum atomic E-state index is 0.874. The molecule has 9 aromatic rings. The number of hydrogen-bond acceptors (Lipinski definition) is 2. The lowest BCUT2D eigenvalue weighted by Gasteiger charge is -2.28. The van der Waals surface area contributed by atoms with Crippen molar-refractivity contribution in [3.63, 3.8) is 0 Å². The van der Waals surface area contributed by atoms with Crippen LogP contribution in [0.2, 0.25) is 0 Å². The Labute approximate surface area is 304 Å². The van der Waals surface area contributed by atoms with Gasteiger partial charge < -0.3 is 9.32 Å². The van der Waals surface area contributed by atoms with Gasteiger partial charge in [-0.05, 0) is 87.5 Å². The number of fused-ring (bicyclic) bond motifs is 1.